The van der Waals surface area contributed by atoms with Crippen molar-refractivity contribution in [3.63, 3.8) is 0 Å². The molecule has 0 heterocycles. The van der Waals surface area contributed by atoms with Gasteiger partial charge in [-0.1, -0.05) is 66.8 Å². The summed E-state index contributed by atoms with van der Waals surface area (Å²) in [4.78, 5) is 0. The first-order chi connectivity index (χ1) is 12.5. The molecule has 0 atom stereocenters. The molecule has 2 aliphatic rings. The maximum atomic E-state index is 4.43. The molecular formula is C26H26. The van der Waals surface area contributed by atoms with Crippen molar-refractivity contribution in [3.05, 3.63) is 105 Å². The average Bonchev–Trinajstić information content (AvgIpc) is 3.20. The van der Waals surface area contributed by atoms with Crippen LogP contribution in [0.15, 0.2) is 71.8 Å². The number of allylic oxidation sites excluding steroid dienone is 6. The molecule has 0 saturated carbocycles. The number of benzene rings is 2. The summed E-state index contributed by atoms with van der Waals surface area (Å²) in [6.45, 7) is 11.0. The van der Waals surface area contributed by atoms with Crippen molar-refractivity contribution in [2.45, 2.75) is 40.0 Å². The van der Waals surface area contributed by atoms with Crippen LogP contribution in [0.1, 0.15) is 46.2 Å². The molecule has 0 nitrogen and oxygen atoms in total. The predicted octanol–water partition coefficient (Wildman–Crippen LogP) is 6.91. The minimum atomic E-state index is 0.935. The summed E-state index contributed by atoms with van der Waals surface area (Å²) in [5.41, 5.74) is 13.7. The molecule has 2 aromatic carbocycles. The first-order valence-corrected chi connectivity index (χ1v) is 9.47. The molecular weight excluding hydrogens is 312 g/mol. The molecule has 2 aromatic rings. The summed E-state index contributed by atoms with van der Waals surface area (Å²) in [6.07, 6.45) is 10.2. The molecule has 0 heteroatoms. The van der Waals surface area contributed by atoms with E-state index >= 15 is 0 Å². The monoisotopic (exact) mass is 338 g/mol. The average molecular weight is 338 g/mol. The largest absolute Gasteiger partial charge is 0.0949 e. The van der Waals surface area contributed by atoms with E-state index < -0.39 is 0 Å². The minimum absolute atomic E-state index is 0.935. The lowest BCUT2D eigenvalue weighted by molar-refractivity contribution is 1.16. The van der Waals surface area contributed by atoms with E-state index in [1.54, 1.807) is 0 Å². The predicted molar refractivity (Wildman–Crippen MR) is 113 cm³/mol. The van der Waals surface area contributed by atoms with E-state index in [0.717, 1.165) is 19.3 Å². The van der Waals surface area contributed by atoms with Crippen molar-refractivity contribution in [2.24, 2.45) is 0 Å². The molecule has 0 N–H and O–H groups in total. The second-order valence-electron chi connectivity index (χ2n) is 7.68. The Morgan fingerprint density at radius 2 is 1.77 bits per heavy atom. The van der Waals surface area contributed by atoms with Crippen molar-refractivity contribution in [3.8, 4) is 0 Å². The summed E-state index contributed by atoms with van der Waals surface area (Å²) in [5, 5.41) is 0. The SMILES string of the molecule is C=C(CC1=CCC=C1C1=Cc2cc(C)ccc2C1)c1c(C)cccc1C. The molecule has 0 fully saturated rings. The number of fused-ring (bicyclic) bond motifs is 1. The highest BCUT2D eigenvalue weighted by Crippen LogP contribution is 2.39. The van der Waals surface area contributed by atoms with Crippen molar-refractivity contribution >= 4 is 11.6 Å². The molecule has 0 amide bonds. The van der Waals surface area contributed by atoms with Gasteiger partial charge in [-0.25, -0.2) is 0 Å². The van der Waals surface area contributed by atoms with Crippen LogP contribution >= 0.6 is 0 Å². The fourth-order valence-corrected chi connectivity index (χ4v) is 4.38. The highest BCUT2D eigenvalue weighted by Gasteiger charge is 2.21. The maximum Gasteiger partial charge on any atom is -0.00137 e. The van der Waals surface area contributed by atoms with Gasteiger partial charge in [0.1, 0.15) is 0 Å². The fraction of sp³-hybridized carbons (Fsp3) is 0.231. The van der Waals surface area contributed by atoms with Gasteiger partial charge in [-0.3, -0.25) is 0 Å². The summed E-state index contributed by atoms with van der Waals surface area (Å²) in [6, 6.07) is 13.3. The Labute approximate surface area is 157 Å². The van der Waals surface area contributed by atoms with Crippen molar-refractivity contribution in [1.82, 2.24) is 0 Å². The van der Waals surface area contributed by atoms with E-state index in [-0.39, 0.29) is 0 Å². The van der Waals surface area contributed by atoms with Gasteiger partial charge in [-0.15, -0.1) is 0 Å². The van der Waals surface area contributed by atoms with Crippen LogP contribution in [0.25, 0.3) is 11.6 Å². The standard InChI is InChI=1S/C26H26/c1-17-11-12-21-15-24(16-23(21)13-17)25-10-6-9-22(25)14-20(4)26-18(2)7-5-8-19(26)3/h5,7-13,16H,4,6,14-15H2,1-3H3. The van der Waals surface area contributed by atoms with Crippen molar-refractivity contribution < 1.29 is 0 Å². The first-order valence-electron chi connectivity index (χ1n) is 9.47. The third-order valence-corrected chi connectivity index (χ3v) is 5.63. The molecule has 0 bridgehead atoms. The molecule has 26 heavy (non-hydrogen) atoms. The lowest BCUT2D eigenvalue weighted by atomic mass is 9.89. The molecule has 130 valence electrons. The second kappa shape index (κ2) is 6.61. The van der Waals surface area contributed by atoms with E-state index in [1.807, 2.05) is 0 Å². The van der Waals surface area contributed by atoms with E-state index in [1.165, 1.54) is 55.7 Å². The highest BCUT2D eigenvalue weighted by atomic mass is 14.3. The molecule has 0 saturated heterocycles. The van der Waals surface area contributed by atoms with Crippen molar-refractivity contribution in [1.29, 1.82) is 0 Å². The molecule has 0 spiro atoms. The highest BCUT2D eigenvalue weighted by molar-refractivity contribution is 5.76. The van der Waals surface area contributed by atoms with Crippen LogP contribution in [-0.4, -0.2) is 0 Å². The lowest BCUT2D eigenvalue weighted by Crippen LogP contribution is -1.97. The zero-order valence-corrected chi connectivity index (χ0v) is 16.0. The van der Waals surface area contributed by atoms with Crippen LogP contribution in [0.3, 0.4) is 0 Å². The Morgan fingerprint density at radius 3 is 2.54 bits per heavy atom. The smallest absolute Gasteiger partial charge is 0.00137 e. The Hall–Kier alpha value is -2.60. The van der Waals surface area contributed by atoms with Gasteiger partial charge in [-0.2, -0.15) is 0 Å². The topological polar surface area (TPSA) is 0 Å². The van der Waals surface area contributed by atoms with E-state index in [0.29, 0.717) is 0 Å². The van der Waals surface area contributed by atoms with Gasteiger partial charge < -0.3 is 0 Å². The van der Waals surface area contributed by atoms with Crippen LogP contribution in [0.5, 0.6) is 0 Å². The molecule has 0 aliphatic heterocycles. The molecule has 0 aromatic heterocycles. The zero-order chi connectivity index (χ0) is 18.3. The minimum Gasteiger partial charge on any atom is -0.0949 e. The Balaban J connectivity index is 1.57. The fourth-order valence-electron chi connectivity index (χ4n) is 4.38. The van der Waals surface area contributed by atoms with E-state index in [4.69, 9.17) is 0 Å². The van der Waals surface area contributed by atoms with Gasteiger partial charge in [0.05, 0.1) is 0 Å². The third kappa shape index (κ3) is 3.01. The summed E-state index contributed by atoms with van der Waals surface area (Å²) in [7, 11) is 0. The van der Waals surface area contributed by atoms with Gasteiger partial charge >= 0.3 is 0 Å². The summed E-state index contributed by atoms with van der Waals surface area (Å²) < 4.78 is 0. The van der Waals surface area contributed by atoms with Crippen LogP contribution in [0.4, 0.5) is 0 Å². The Bertz CT molecular complexity index is 972. The lowest BCUT2D eigenvalue weighted by Gasteiger charge is -2.16. The Morgan fingerprint density at radius 1 is 1.00 bits per heavy atom. The van der Waals surface area contributed by atoms with Gasteiger partial charge in [0.2, 0.25) is 0 Å². The maximum absolute atomic E-state index is 4.43. The number of hydrogen-bond donors (Lipinski definition) is 0. The van der Waals surface area contributed by atoms with Crippen LogP contribution in [0, 0.1) is 20.8 Å². The number of aryl methyl sites for hydroxylation is 3. The van der Waals surface area contributed by atoms with Crippen LogP contribution in [-0.2, 0) is 6.42 Å². The van der Waals surface area contributed by atoms with Gasteiger partial charge in [-0.05, 0) is 90.1 Å². The number of hydrogen-bond acceptors (Lipinski definition) is 0. The normalized spacial score (nSPS) is 15.4. The van der Waals surface area contributed by atoms with Crippen molar-refractivity contribution in [2.75, 3.05) is 0 Å². The van der Waals surface area contributed by atoms with Gasteiger partial charge in [0.25, 0.3) is 0 Å². The van der Waals surface area contributed by atoms with Gasteiger partial charge in [0.15, 0.2) is 0 Å². The van der Waals surface area contributed by atoms with Crippen LogP contribution in [0.2, 0.25) is 0 Å². The Kier molecular flexibility index (Phi) is 4.28. The zero-order valence-electron chi connectivity index (χ0n) is 16.0. The third-order valence-electron chi connectivity index (χ3n) is 5.63. The van der Waals surface area contributed by atoms with E-state index in [9.17, 15) is 0 Å². The quantitative estimate of drug-likeness (QED) is 0.568. The molecule has 0 radical (unpaired) electrons. The summed E-state index contributed by atoms with van der Waals surface area (Å²) in [5.74, 6) is 0. The summed E-state index contributed by atoms with van der Waals surface area (Å²) >= 11 is 0. The van der Waals surface area contributed by atoms with E-state index in [2.05, 4.69) is 82.0 Å². The molecule has 4 rings (SSSR count). The second-order valence-corrected chi connectivity index (χ2v) is 7.68. The first kappa shape index (κ1) is 16.8. The van der Waals surface area contributed by atoms with Crippen LogP contribution < -0.4 is 0 Å². The van der Waals surface area contributed by atoms with Gasteiger partial charge in [0, 0.05) is 0 Å². The number of rotatable bonds is 4. The molecule has 2 aliphatic carbocycles. The molecule has 0 unspecified atom stereocenters.